The molecule has 0 bridgehead atoms. The number of benzene rings is 2. The van der Waals surface area contributed by atoms with Crippen molar-refractivity contribution in [3.8, 4) is 11.1 Å². The maximum Gasteiger partial charge on any atom is 0.416 e. The van der Waals surface area contributed by atoms with Crippen LogP contribution in [0.25, 0.3) is 11.1 Å². The number of carbonyl (C=O) groups is 1. The number of alkyl halides is 6. The standard InChI is InChI=1S/C25H21F7N2O/c1-14-9-19(26)4-5-20(14)21-13-33-7-6-22(21)34(3)23(35)15(2)8-16-10-17(24(27,28)29)12-18(11-16)25(30,31)32/h4-7,9-13,15H,8H2,1-3H3. The predicted octanol–water partition coefficient (Wildman–Crippen LogP) is 7.08. The molecule has 0 aliphatic carbocycles. The molecule has 0 N–H and O–H groups in total. The summed E-state index contributed by atoms with van der Waals surface area (Å²) in [5, 5.41) is 0. The van der Waals surface area contributed by atoms with Crippen LogP contribution in [0.2, 0.25) is 0 Å². The lowest BCUT2D eigenvalue weighted by molar-refractivity contribution is -0.143. The molecule has 0 aliphatic heterocycles. The molecule has 0 fully saturated rings. The molecule has 0 saturated heterocycles. The Morgan fingerprint density at radius 2 is 1.54 bits per heavy atom. The molecule has 1 amide bonds. The Hall–Kier alpha value is -3.43. The van der Waals surface area contributed by atoms with Crippen LogP contribution in [0.3, 0.4) is 0 Å². The lowest BCUT2D eigenvalue weighted by Gasteiger charge is -2.25. The molecule has 0 aliphatic rings. The van der Waals surface area contributed by atoms with E-state index >= 15 is 0 Å². The van der Waals surface area contributed by atoms with Gasteiger partial charge in [-0.3, -0.25) is 9.78 Å². The average Bonchev–Trinajstić information content (AvgIpc) is 2.76. The SMILES string of the molecule is Cc1cc(F)ccc1-c1cnccc1N(C)C(=O)C(C)Cc1cc(C(F)(F)F)cc(C(F)(F)F)c1. The molecule has 1 aromatic heterocycles. The van der Waals surface area contributed by atoms with Crippen LogP contribution in [-0.2, 0) is 23.6 Å². The summed E-state index contributed by atoms with van der Waals surface area (Å²) in [5.41, 5.74) is -0.979. The number of carbonyl (C=O) groups excluding carboxylic acids is 1. The van der Waals surface area contributed by atoms with Crippen LogP contribution in [0.4, 0.5) is 36.4 Å². The predicted molar refractivity (Wildman–Crippen MR) is 117 cm³/mol. The molecule has 186 valence electrons. The van der Waals surface area contributed by atoms with Gasteiger partial charge in [0.1, 0.15) is 5.82 Å². The van der Waals surface area contributed by atoms with Crippen molar-refractivity contribution in [1.82, 2.24) is 4.98 Å². The van der Waals surface area contributed by atoms with Crippen LogP contribution in [0.5, 0.6) is 0 Å². The Kier molecular flexibility index (Phi) is 7.23. The number of aryl methyl sites for hydroxylation is 1. The first-order valence-corrected chi connectivity index (χ1v) is 10.4. The normalized spacial score (nSPS) is 13.0. The number of hydrogen-bond donors (Lipinski definition) is 0. The van der Waals surface area contributed by atoms with Crippen molar-refractivity contribution < 1.29 is 35.5 Å². The monoisotopic (exact) mass is 498 g/mol. The Bertz CT molecular complexity index is 1200. The molecule has 3 aromatic rings. The second-order valence-corrected chi connectivity index (χ2v) is 8.27. The molecule has 2 aromatic carbocycles. The van der Waals surface area contributed by atoms with E-state index in [1.54, 1.807) is 13.0 Å². The first kappa shape index (κ1) is 26.2. The molecule has 1 atom stereocenters. The highest BCUT2D eigenvalue weighted by atomic mass is 19.4. The quantitative estimate of drug-likeness (QED) is 0.353. The van der Waals surface area contributed by atoms with E-state index in [1.165, 1.54) is 49.5 Å². The third-order valence-electron chi connectivity index (χ3n) is 5.58. The van der Waals surface area contributed by atoms with E-state index in [4.69, 9.17) is 0 Å². The molecule has 10 heteroatoms. The van der Waals surface area contributed by atoms with Gasteiger partial charge in [-0.15, -0.1) is 0 Å². The lowest BCUT2D eigenvalue weighted by atomic mass is 9.95. The van der Waals surface area contributed by atoms with Crippen molar-refractivity contribution in [2.75, 3.05) is 11.9 Å². The first-order valence-electron chi connectivity index (χ1n) is 10.4. The summed E-state index contributed by atoms with van der Waals surface area (Å²) in [5.74, 6) is -1.91. The van der Waals surface area contributed by atoms with Crippen molar-refractivity contribution >= 4 is 11.6 Å². The minimum atomic E-state index is -4.97. The minimum Gasteiger partial charge on any atom is -0.315 e. The molecule has 0 saturated carbocycles. The summed E-state index contributed by atoms with van der Waals surface area (Å²) in [7, 11) is 1.45. The maximum absolute atomic E-state index is 13.5. The fourth-order valence-corrected chi connectivity index (χ4v) is 3.84. The number of hydrogen-bond acceptors (Lipinski definition) is 2. The van der Waals surface area contributed by atoms with Crippen LogP contribution in [-0.4, -0.2) is 17.9 Å². The van der Waals surface area contributed by atoms with Crippen LogP contribution < -0.4 is 4.90 Å². The van der Waals surface area contributed by atoms with Crippen LogP contribution in [0, 0.1) is 18.7 Å². The van der Waals surface area contributed by atoms with Crippen LogP contribution >= 0.6 is 0 Å². The molecule has 0 radical (unpaired) electrons. The number of anilines is 1. The van der Waals surface area contributed by atoms with Gasteiger partial charge in [0.05, 0.1) is 16.8 Å². The lowest BCUT2D eigenvalue weighted by Crippen LogP contribution is -2.33. The fraction of sp³-hybridized carbons (Fsp3) is 0.280. The van der Waals surface area contributed by atoms with Crippen LogP contribution in [0.15, 0.2) is 54.9 Å². The highest BCUT2D eigenvalue weighted by Crippen LogP contribution is 2.37. The maximum atomic E-state index is 13.5. The molecule has 0 spiro atoms. The Balaban J connectivity index is 1.92. The van der Waals surface area contributed by atoms with Gasteiger partial charge < -0.3 is 4.90 Å². The Morgan fingerprint density at radius 3 is 2.09 bits per heavy atom. The van der Waals surface area contributed by atoms with E-state index in [0.29, 0.717) is 34.5 Å². The smallest absolute Gasteiger partial charge is 0.315 e. The van der Waals surface area contributed by atoms with Crippen molar-refractivity contribution in [3.05, 3.63) is 82.9 Å². The summed E-state index contributed by atoms with van der Waals surface area (Å²) in [4.78, 5) is 18.5. The first-order chi connectivity index (χ1) is 16.2. The van der Waals surface area contributed by atoms with Crippen molar-refractivity contribution in [3.63, 3.8) is 0 Å². The average molecular weight is 498 g/mol. The largest absolute Gasteiger partial charge is 0.416 e. The van der Waals surface area contributed by atoms with E-state index < -0.39 is 41.1 Å². The third-order valence-corrected chi connectivity index (χ3v) is 5.58. The van der Waals surface area contributed by atoms with Gasteiger partial charge in [0, 0.05) is 30.9 Å². The zero-order valence-corrected chi connectivity index (χ0v) is 18.9. The molecule has 3 nitrogen and oxygen atoms in total. The second kappa shape index (κ2) is 9.67. The summed E-state index contributed by atoms with van der Waals surface area (Å²) in [6.45, 7) is 3.11. The van der Waals surface area contributed by atoms with Crippen molar-refractivity contribution in [2.45, 2.75) is 32.6 Å². The molecule has 1 heterocycles. The fourth-order valence-electron chi connectivity index (χ4n) is 3.84. The molecule has 1 unspecified atom stereocenters. The zero-order valence-electron chi connectivity index (χ0n) is 18.9. The number of aromatic nitrogens is 1. The van der Waals surface area contributed by atoms with E-state index in [9.17, 15) is 35.5 Å². The van der Waals surface area contributed by atoms with Gasteiger partial charge in [0.25, 0.3) is 0 Å². The highest BCUT2D eigenvalue weighted by Gasteiger charge is 2.37. The summed E-state index contributed by atoms with van der Waals surface area (Å²) in [6, 6.07) is 6.97. The van der Waals surface area contributed by atoms with Gasteiger partial charge in [-0.25, -0.2) is 4.39 Å². The molecule has 35 heavy (non-hydrogen) atoms. The second-order valence-electron chi connectivity index (χ2n) is 8.27. The summed E-state index contributed by atoms with van der Waals surface area (Å²) in [6.07, 6.45) is -7.36. The third kappa shape index (κ3) is 5.98. The van der Waals surface area contributed by atoms with E-state index in [0.717, 1.165) is 0 Å². The number of amides is 1. The van der Waals surface area contributed by atoms with Gasteiger partial charge in [0.15, 0.2) is 0 Å². The number of rotatable bonds is 5. The van der Waals surface area contributed by atoms with E-state index in [2.05, 4.69) is 4.98 Å². The van der Waals surface area contributed by atoms with Gasteiger partial charge in [0.2, 0.25) is 5.91 Å². The van der Waals surface area contributed by atoms with Crippen molar-refractivity contribution in [2.24, 2.45) is 5.92 Å². The van der Waals surface area contributed by atoms with E-state index in [1.807, 2.05) is 0 Å². The summed E-state index contributed by atoms with van der Waals surface area (Å²) < 4.78 is 92.6. The Morgan fingerprint density at radius 1 is 0.943 bits per heavy atom. The molecular weight excluding hydrogens is 477 g/mol. The zero-order chi connectivity index (χ0) is 26.1. The van der Waals surface area contributed by atoms with Gasteiger partial charge in [-0.1, -0.05) is 13.0 Å². The Labute approximate surface area is 197 Å². The van der Waals surface area contributed by atoms with Gasteiger partial charge >= 0.3 is 12.4 Å². The van der Waals surface area contributed by atoms with Crippen LogP contribution in [0.1, 0.15) is 29.2 Å². The number of halogens is 7. The van der Waals surface area contributed by atoms with Gasteiger partial charge in [-0.05, 0) is 66.4 Å². The van der Waals surface area contributed by atoms with Gasteiger partial charge in [-0.2, -0.15) is 26.3 Å². The molecule has 3 rings (SSSR count). The molecular formula is C25H21F7N2O. The van der Waals surface area contributed by atoms with Crippen molar-refractivity contribution in [1.29, 1.82) is 0 Å². The summed E-state index contributed by atoms with van der Waals surface area (Å²) >= 11 is 0. The van der Waals surface area contributed by atoms with E-state index in [-0.39, 0.29) is 18.1 Å². The number of pyridine rings is 1. The minimum absolute atomic E-state index is 0.0520. The number of nitrogens with zero attached hydrogens (tertiary/aromatic N) is 2. The highest BCUT2D eigenvalue weighted by molar-refractivity contribution is 5.98. The topological polar surface area (TPSA) is 33.2 Å².